The Hall–Kier alpha value is -1.84. The van der Waals surface area contributed by atoms with E-state index in [0.29, 0.717) is 11.7 Å². The molecule has 0 aromatic heterocycles. The van der Waals surface area contributed by atoms with Crippen LogP contribution in [0.25, 0.3) is 0 Å². The van der Waals surface area contributed by atoms with Crippen LogP contribution in [0.15, 0.2) is 29.4 Å². The van der Waals surface area contributed by atoms with Gasteiger partial charge in [0.05, 0.1) is 0 Å². The van der Waals surface area contributed by atoms with Crippen molar-refractivity contribution in [1.82, 2.24) is 5.43 Å². The van der Waals surface area contributed by atoms with Gasteiger partial charge in [0.1, 0.15) is 5.75 Å². The zero-order valence-electron chi connectivity index (χ0n) is 14.7. The molecule has 0 heterocycles. The highest BCUT2D eigenvalue weighted by molar-refractivity contribution is 5.87. The van der Waals surface area contributed by atoms with Crippen molar-refractivity contribution in [2.45, 2.75) is 58.8 Å². The van der Waals surface area contributed by atoms with E-state index in [4.69, 9.17) is 4.74 Å². The van der Waals surface area contributed by atoms with Gasteiger partial charge in [0.25, 0.3) is 5.91 Å². The molecule has 4 nitrogen and oxygen atoms in total. The number of nitrogens with one attached hydrogen (secondary N) is 1. The summed E-state index contributed by atoms with van der Waals surface area (Å²) >= 11 is 0. The van der Waals surface area contributed by atoms with Crippen molar-refractivity contribution in [3.05, 3.63) is 29.8 Å². The number of rotatable bonds is 4. The van der Waals surface area contributed by atoms with E-state index in [9.17, 15) is 4.79 Å². The lowest BCUT2D eigenvalue weighted by atomic mass is 9.87. The third-order valence-corrected chi connectivity index (χ3v) is 4.18. The third-order valence-electron chi connectivity index (χ3n) is 4.18. The van der Waals surface area contributed by atoms with Gasteiger partial charge in [-0.1, -0.05) is 39.8 Å². The summed E-state index contributed by atoms with van der Waals surface area (Å²) in [7, 11) is 0. The van der Waals surface area contributed by atoms with Crippen LogP contribution in [0.1, 0.15) is 58.9 Å². The highest BCUT2D eigenvalue weighted by Gasteiger charge is 2.15. The summed E-state index contributed by atoms with van der Waals surface area (Å²) in [4.78, 5) is 11.8. The molecule has 1 aromatic carbocycles. The maximum Gasteiger partial charge on any atom is 0.277 e. The molecule has 4 heteroatoms. The van der Waals surface area contributed by atoms with Gasteiger partial charge < -0.3 is 4.74 Å². The Balaban J connectivity index is 1.79. The highest BCUT2D eigenvalue weighted by Crippen LogP contribution is 2.24. The summed E-state index contributed by atoms with van der Waals surface area (Å²) < 4.78 is 5.52. The fraction of sp³-hybridized carbons (Fsp3) is 0.579. The maximum atomic E-state index is 11.8. The van der Waals surface area contributed by atoms with Crippen LogP contribution in [-0.4, -0.2) is 18.2 Å². The number of ether oxygens (including phenoxy) is 1. The van der Waals surface area contributed by atoms with E-state index in [1.807, 2.05) is 24.3 Å². The topological polar surface area (TPSA) is 50.7 Å². The molecule has 1 unspecified atom stereocenters. The Morgan fingerprint density at radius 1 is 1.30 bits per heavy atom. The van der Waals surface area contributed by atoms with Crippen molar-refractivity contribution in [2.24, 2.45) is 11.0 Å². The van der Waals surface area contributed by atoms with Gasteiger partial charge in [-0.05, 0) is 54.7 Å². The standard InChI is InChI=1S/C19H28N2O2/c1-14-6-5-7-16(12-14)20-21-18(22)13-23-17-10-8-15(9-11-17)19(2,3)4/h8-11,14H,5-7,12-13H2,1-4H3,(H,21,22)/b20-16+. The number of nitrogens with zero attached hydrogens (tertiary/aromatic N) is 1. The van der Waals surface area contributed by atoms with Crippen molar-refractivity contribution in [1.29, 1.82) is 0 Å². The Morgan fingerprint density at radius 3 is 2.61 bits per heavy atom. The van der Waals surface area contributed by atoms with Gasteiger partial charge in [0, 0.05) is 5.71 Å². The van der Waals surface area contributed by atoms with E-state index in [1.54, 1.807) is 0 Å². The highest BCUT2D eigenvalue weighted by atomic mass is 16.5. The van der Waals surface area contributed by atoms with Crippen LogP contribution < -0.4 is 10.2 Å². The second kappa shape index (κ2) is 7.62. The largest absolute Gasteiger partial charge is 0.484 e. The van der Waals surface area contributed by atoms with Crippen LogP contribution in [0.2, 0.25) is 0 Å². The first kappa shape index (κ1) is 17.5. The van der Waals surface area contributed by atoms with Crippen molar-refractivity contribution >= 4 is 11.6 Å². The Labute approximate surface area is 139 Å². The first-order chi connectivity index (χ1) is 10.8. The van der Waals surface area contributed by atoms with Crippen molar-refractivity contribution in [3.8, 4) is 5.75 Å². The molecule has 23 heavy (non-hydrogen) atoms. The monoisotopic (exact) mass is 316 g/mol. The van der Waals surface area contributed by atoms with Crippen molar-refractivity contribution < 1.29 is 9.53 Å². The molecule has 0 spiro atoms. The molecule has 1 aliphatic carbocycles. The second-order valence-corrected chi connectivity index (χ2v) is 7.48. The normalized spacial score (nSPS) is 20.3. The molecule has 126 valence electrons. The zero-order valence-corrected chi connectivity index (χ0v) is 14.7. The molecule has 0 aliphatic heterocycles. The first-order valence-electron chi connectivity index (χ1n) is 8.42. The summed E-state index contributed by atoms with van der Waals surface area (Å²) in [6, 6.07) is 7.89. The lowest BCUT2D eigenvalue weighted by Crippen LogP contribution is -2.27. The number of carbonyl (C=O) groups is 1. The number of carbonyl (C=O) groups excluding carboxylic acids is 1. The van der Waals surface area contributed by atoms with Crippen LogP contribution in [0.3, 0.4) is 0 Å². The van der Waals surface area contributed by atoms with E-state index in [-0.39, 0.29) is 17.9 Å². The molecule has 1 aromatic rings. The summed E-state index contributed by atoms with van der Waals surface area (Å²) in [5, 5.41) is 4.23. The van der Waals surface area contributed by atoms with Gasteiger partial charge in [-0.2, -0.15) is 5.10 Å². The third kappa shape index (κ3) is 5.70. The number of hydrogen-bond donors (Lipinski definition) is 1. The van der Waals surface area contributed by atoms with Crippen LogP contribution in [0.5, 0.6) is 5.75 Å². The predicted molar refractivity (Wildman–Crippen MR) is 93.8 cm³/mol. The summed E-state index contributed by atoms with van der Waals surface area (Å²) in [5.41, 5.74) is 5.05. The Morgan fingerprint density at radius 2 is 2.00 bits per heavy atom. The Kier molecular flexibility index (Phi) is 5.80. The smallest absolute Gasteiger partial charge is 0.277 e. The molecule has 0 bridgehead atoms. The van der Waals surface area contributed by atoms with E-state index >= 15 is 0 Å². The SMILES string of the molecule is CC1CCC/C(=N\NC(=O)COc2ccc(C(C)(C)C)cc2)C1. The molecule has 2 rings (SSSR count). The quantitative estimate of drug-likeness (QED) is 0.852. The average molecular weight is 316 g/mol. The molecule has 1 aliphatic rings. The average Bonchev–Trinajstić information content (AvgIpc) is 2.50. The second-order valence-electron chi connectivity index (χ2n) is 7.48. The number of hydrazone groups is 1. The van der Waals surface area contributed by atoms with Gasteiger partial charge in [0.15, 0.2) is 6.61 Å². The fourth-order valence-corrected chi connectivity index (χ4v) is 2.74. The zero-order chi connectivity index (χ0) is 16.9. The Bertz CT molecular complexity index is 556. The van der Waals surface area contributed by atoms with Gasteiger partial charge in [-0.3, -0.25) is 4.79 Å². The molecule has 0 saturated heterocycles. The lowest BCUT2D eigenvalue weighted by molar-refractivity contribution is -0.123. The number of hydrogen-bond acceptors (Lipinski definition) is 3. The van der Waals surface area contributed by atoms with E-state index < -0.39 is 0 Å². The number of benzene rings is 1. The molecular weight excluding hydrogens is 288 g/mol. The van der Waals surface area contributed by atoms with Gasteiger partial charge >= 0.3 is 0 Å². The minimum Gasteiger partial charge on any atom is -0.484 e. The minimum absolute atomic E-state index is 0.0127. The molecular formula is C19H28N2O2. The van der Waals surface area contributed by atoms with Crippen molar-refractivity contribution in [3.63, 3.8) is 0 Å². The predicted octanol–water partition coefficient (Wildman–Crippen LogP) is 4.05. The van der Waals surface area contributed by atoms with E-state index in [1.165, 1.54) is 12.0 Å². The van der Waals surface area contributed by atoms with E-state index in [2.05, 4.69) is 38.2 Å². The molecule has 1 atom stereocenters. The van der Waals surface area contributed by atoms with Gasteiger partial charge in [0.2, 0.25) is 0 Å². The maximum absolute atomic E-state index is 11.8. The molecule has 1 N–H and O–H groups in total. The first-order valence-corrected chi connectivity index (χ1v) is 8.42. The van der Waals surface area contributed by atoms with Gasteiger partial charge in [-0.15, -0.1) is 0 Å². The van der Waals surface area contributed by atoms with Gasteiger partial charge in [-0.25, -0.2) is 5.43 Å². The summed E-state index contributed by atoms with van der Waals surface area (Å²) in [6.07, 6.45) is 4.38. The van der Waals surface area contributed by atoms with Crippen LogP contribution >= 0.6 is 0 Å². The molecule has 1 amide bonds. The molecule has 1 fully saturated rings. The molecule has 0 radical (unpaired) electrons. The van der Waals surface area contributed by atoms with E-state index in [0.717, 1.165) is 25.0 Å². The summed E-state index contributed by atoms with van der Waals surface area (Å²) in [6.45, 7) is 8.72. The minimum atomic E-state index is -0.212. The number of amides is 1. The summed E-state index contributed by atoms with van der Waals surface area (Å²) in [5.74, 6) is 1.15. The van der Waals surface area contributed by atoms with Crippen molar-refractivity contribution in [2.75, 3.05) is 6.61 Å². The fourth-order valence-electron chi connectivity index (χ4n) is 2.74. The van der Waals surface area contributed by atoms with Crippen LogP contribution in [0.4, 0.5) is 0 Å². The molecule has 1 saturated carbocycles. The van der Waals surface area contributed by atoms with Crippen LogP contribution in [-0.2, 0) is 10.2 Å². The van der Waals surface area contributed by atoms with Crippen LogP contribution in [0, 0.1) is 5.92 Å². The lowest BCUT2D eigenvalue weighted by Gasteiger charge is -2.19.